The van der Waals surface area contributed by atoms with Gasteiger partial charge in [-0.2, -0.15) is 5.10 Å². The lowest BCUT2D eigenvalue weighted by Gasteiger charge is -2.09. The van der Waals surface area contributed by atoms with Crippen molar-refractivity contribution in [2.45, 2.75) is 26.7 Å². The number of methoxy groups -OCH3 is 1. The molecule has 2 heterocycles. The van der Waals surface area contributed by atoms with E-state index >= 15 is 0 Å². The van der Waals surface area contributed by atoms with Crippen molar-refractivity contribution < 1.29 is 9.53 Å². The molecule has 0 spiro atoms. The fourth-order valence-electron chi connectivity index (χ4n) is 3.35. The Morgan fingerprint density at radius 2 is 2.00 bits per heavy atom. The van der Waals surface area contributed by atoms with Gasteiger partial charge in [-0.1, -0.05) is 13.0 Å². The van der Waals surface area contributed by atoms with Crippen LogP contribution in [-0.2, 0) is 12.8 Å². The van der Waals surface area contributed by atoms with E-state index in [4.69, 9.17) is 9.72 Å². The van der Waals surface area contributed by atoms with Crippen molar-refractivity contribution in [1.82, 2.24) is 25.1 Å². The Morgan fingerprint density at radius 3 is 2.69 bits per heavy atom. The summed E-state index contributed by atoms with van der Waals surface area (Å²) in [6.07, 6.45) is 1.49. The van der Waals surface area contributed by atoms with Gasteiger partial charge in [0.1, 0.15) is 5.75 Å². The number of aryl methyl sites for hydroxylation is 2. The van der Waals surface area contributed by atoms with Gasteiger partial charge >= 0.3 is 0 Å². The van der Waals surface area contributed by atoms with Crippen molar-refractivity contribution >= 4 is 17.2 Å². The average molecular weight is 448 g/mol. The zero-order valence-electron chi connectivity index (χ0n) is 18.3. The van der Waals surface area contributed by atoms with Gasteiger partial charge in [-0.3, -0.25) is 4.79 Å². The zero-order valence-corrected chi connectivity index (χ0v) is 19.1. The number of rotatable bonds is 8. The highest BCUT2D eigenvalue weighted by atomic mass is 32.1. The molecule has 32 heavy (non-hydrogen) atoms. The average Bonchev–Trinajstić information content (AvgIpc) is 3.45. The third kappa shape index (κ3) is 4.70. The zero-order chi connectivity index (χ0) is 22.5. The molecule has 0 bridgehead atoms. The second-order valence-corrected chi connectivity index (χ2v) is 8.20. The summed E-state index contributed by atoms with van der Waals surface area (Å²) in [7, 11) is 1.64. The van der Waals surface area contributed by atoms with Crippen molar-refractivity contribution in [3.05, 3.63) is 76.0 Å². The number of amides is 1. The molecule has 1 amide bonds. The summed E-state index contributed by atoms with van der Waals surface area (Å²) >= 11 is 1.61. The van der Waals surface area contributed by atoms with Crippen LogP contribution >= 0.6 is 11.3 Å². The molecule has 0 aliphatic carbocycles. The smallest absolute Gasteiger partial charge is 0.251 e. The minimum atomic E-state index is -0.115. The number of benzene rings is 2. The number of carbonyl (C=O) groups is 1. The SMILES string of the molecule is CCc1nc(-c2ccc(OC)cc2)n(-c2cccc(C(=O)NCCc3scnc3C)c2)n1. The van der Waals surface area contributed by atoms with Crippen LogP contribution in [0.3, 0.4) is 0 Å². The summed E-state index contributed by atoms with van der Waals surface area (Å²) < 4.78 is 7.05. The maximum absolute atomic E-state index is 12.7. The molecule has 4 rings (SSSR count). The van der Waals surface area contributed by atoms with Crippen LogP contribution in [-0.4, -0.2) is 39.3 Å². The Morgan fingerprint density at radius 1 is 1.19 bits per heavy atom. The van der Waals surface area contributed by atoms with Gasteiger partial charge in [0.2, 0.25) is 0 Å². The molecule has 0 saturated heterocycles. The van der Waals surface area contributed by atoms with E-state index in [1.165, 1.54) is 4.88 Å². The van der Waals surface area contributed by atoms with Gasteiger partial charge in [0.05, 0.1) is 24.0 Å². The molecule has 4 aromatic rings. The third-order valence-corrected chi connectivity index (χ3v) is 6.15. The Hall–Kier alpha value is -3.52. The van der Waals surface area contributed by atoms with Crippen LogP contribution in [0.5, 0.6) is 5.75 Å². The fourth-order valence-corrected chi connectivity index (χ4v) is 4.13. The van der Waals surface area contributed by atoms with Gasteiger partial charge in [0.25, 0.3) is 5.91 Å². The molecule has 0 aliphatic rings. The summed E-state index contributed by atoms with van der Waals surface area (Å²) in [4.78, 5) is 22.9. The maximum Gasteiger partial charge on any atom is 0.251 e. The molecule has 2 aromatic heterocycles. The summed E-state index contributed by atoms with van der Waals surface area (Å²) in [6.45, 7) is 4.57. The highest BCUT2D eigenvalue weighted by molar-refractivity contribution is 7.09. The number of hydrogen-bond acceptors (Lipinski definition) is 6. The van der Waals surface area contributed by atoms with E-state index in [9.17, 15) is 4.79 Å². The second-order valence-electron chi connectivity index (χ2n) is 7.26. The number of aromatic nitrogens is 4. The van der Waals surface area contributed by atoms with E-state index < -0.39 is 0 Å². The maximum atomic E-state index is 12.7. The van der Waals surface area contributed by atoms with E-state index in [2.05, 4.69) is 15.4 Å². The van der Waals surface area contributed by atoms with Crippen molar-refractivity contribution in [2.75, 3.05) is 13.7 Å². The summed E-state index contributed by atoms with van der Waals surface area (Å²) in [5.41, 5.74) is 5.15. The molecule has 0 saturated carbocycles. The van der Waals surface area contributed by atoms with Crippen molar-refractivity contribution in [3.63, 3.8) is 0 Å². The molecule has 7 nitrogen and oxygen atoms in total. The molecule has 8 heteroatoms. The van der Waals surface area contributed by atoms with Crippen molar-refractivity contribution in [1.29, 1.82) is 0 Å². The van der Waals surface area contributed by atoms with Gasteiger partial charge in [-0.25, -0.2) is 14.6 Å². The number of hydrogen-bond donors (Lipinski definition) is 1. The highest BCUT2D eigenvalue weighted by Crippen LogP contribution is 2.24. The molecule has 0 unspecified atom stereocenters. The van der Waals surface area contributed by atoms with Crippen molar-refractivity contribution in [3.8, 4) is 22.8 Å². The van der Waals surface area contributed by atoms with Crippen LogP contribution in [0.15, 0.2) is 54.0 Å². The molecule has 1 N–H and O–H groups in total. The Balaban J connectivity index is 1.56. The number of nitrogens with zero attached hydrogens (tertiary/aromatic N) is 4. The van der Waals surface area contributed by atoms with Crippen LogP contribution < -0.4 is 10.1 Å². The lowest BCUT2D eigenvalue weighted by atomic mass is 10.1. The molecular weight excluding hydrogens is 422 g/mol. The van der Waals surface area contributed by atoms with Crippen LogP contribution in [0.4, 0.5) is 0 Å². The number of thiazole rings is 1. The molecule has 0 fully saturated rings. The fraction of sp³-hybridized carbons (Fsp3) is 0.250. The second kappa shape index (κ2) is 9.74. The lowest BCUT2D eigenvalue weighted by molar-refractivity contribution is 0.0954. The molecular formula is C24H25N5O2S. The van der Waals surface area contributed by atoms with E-state index in [0.29, 0.717) is 18.5 Å². The van der Waals surface area contributed by atoms with Gasteiger partial charge in [0, 0.05) is 35.4 Å². The first kappa shape index (κ1) is 21.7. The first-order chi connectivity index (χ1) is 15.6. The number of nitrogens with one attached hydrogen (secondary N) is 1. The molecule has 0 aliphatic heterocycles. The topological polar surface area (TPSA) is 81.9 Å². The van der Waals surface area contributed by atoms with Gasteiger partial charge < -0.3 is 10.1 Å². The predicted molar refractivity (Wildman–Crippen MR) is 126 cm³/mol. The van der Waals surface area contributed by atoms with E-state index in [1.807, 2.05) is 67.9 Å². The predicted octanol–water partition coefficient (Wildman–Crippen LogP) is 4.24. The number of carbonyl (C=O) groups excluding carboxylic acids is 1. The van der Waals surface area contributed by atoms with E-state index in [0.717, 1.165) is 40.8 Å². The third-order valence-electron chi connectivity index (χ3n) is 5.15. The van der Waals surface area contributed by atoms with Gasteiger partial charge in [-0.15, -0.1) is 11.3 Å². The molecule has 164 valence electrons. The first-order valence-electron chi connectivity index (χ1n) is 10.5. The monoisotopic (exact) mass is 447 g/mol. The minimum Gasteiger partial charge on any atom is -0.497 e. The normalized spacial score (nSPS) is 10.8. The Labute approximate surface area is 191 Å². The molecule has 2 aromatic carbocycles. The van der Waals surface area contributed by atoms with Gasteiger partial charge in [0.15, 0.2) is 11.6 Å². The quantitative estimate of drug-likeness (QED) is 0.437. The molecule has 0 radical (unpaired) electrons. The Bertz CT molecular complexity index is 1210. The van der Waals surface area contributed by atoms with E-state index in [1.54, 1.807) is 23.1 Å². The van der Waals surface area contributed by atoms with Crippen LogP contribution in [0.2, 0.25) is 0 Å². The number of ether oxygens (including phenoxy) is 1. The van der Waals surface area contributed by atoms with Crippen molar-refractivity contribution in [2.24, 2.45) is 0 Å². The summed E-state index contributed by atoms with van der Waals surface area (Å²) in [5.74, 6) is 2.13. The summed E-state index contributed by atoms with van der Waals surface area (Å²) in [5, 5.41) is 7.66. The Kier molecular flexibility index (Phi) is 6.61. The largest absolute Gasteiger partial charge is 0.497 e. The van der Waals surface area contributed by atoms with Crippen LogP contribution in [0, 0.1) is 6.92 Å². The highest BCUT2D eigenvalue weighted by Gasteiger charge is 2.15. The van der Waals surface area contributed by atoms with Gasteiger partial charge in [-0.05, 0) is 49.4 Å². The van der Waals surface area contributed by atoms with Crippen LogP contribution in [0.1, 0.15) is 33.7 Å². The standard InChI is InChI=1S/C24H25N5O2S/c1-4-22-27-23(17-8-10-20(31-3)11-9-17)29(28-22)19-7-5-6-18(14-19)24(30)25-13-12-21-16(2)26-15-32-21/h5-11,14-15H,4,12-13H2,1-3H3,(H,25,30). The minimum absolute atomic E-state index is 0.115. The first-order valence-corrected chi connectivity index (χ1v) is 11.3. The lowest BCUT2D eigenvalue weighted by Crippen LogP contribution is -2.25. The van der Waals surface area contributed by atoms with Crippen LogP contribution in [0.25, 0.3) is 17.1 Å². The summed E-state index contributed by atoms with van der Waals surface area (Å²) in [6, 6.07) is 15.1. The molecule has 0 atom stereocenters. The van der Waals surface area contributed by atoms with E-state index in [-0.39, 0.29) is 5.91 Å².